The number of aromatic nitrogens is 1. The summed E-state index contributed by atoms with van der Waals surface area (Å²) < 4.78 is 39.6. The molecule has 0 radical (unpaired) electrons. The number of rotatable bonds is 3. The number of nitrogens with one attached hydrogen (secondary N) is 1. The van der Waals surface area contributed by atoms with Crippen LogP contribution in [0.25, 0.3) is 17.0 Å². The van der Waals surface area contributed by atoms with Gasteiger partial charge in [0.2, 0.25) is 0 Å². The third kappa shape index (κ3) is 3.31. The van der Waals surface area contributed by atoms with Crippen LogP contribution < -0.4 is 0 Å². The van der Waals surface area contributed by atoms with E-state index in [4.69, 9.17) is 0 Å². The minimum Gasteiger partial charge on any atom is -0.361 e. The summed E-state index contributed by atoms with van der Waals surface area (Å²) in [5.41, 5.74) is 0.643. The molecule has 0 unspecified atom stereocenters. The number of H-pyrrole nitrogens is 1. The molecule has 28 heavy (non-hydrogen) atoms. The standard InChI is InChI=1S/C20H13F3N2O2S/c21-20(22,23)15-7-3-1-5-12(15)11-25-18(26)17(28-19(25)27)9-13-10-24-16-8-4-2-6-14(13)16/h1-10,24H,11H2. The van der Waals surface area contributed by atoms with Crippen molar-refractivity contribution < 1.29 is 22.8 Å². The Balaban J connectivity index is 1.64. The van der Waals surface area contributed by atoms with E-state index in [1.807, 2.05) is 24.3 Å². The SMILES string of the molecule is O=C1SC(=Cc2c[nH]c3ccccc23)C(=O)N1Cc1ccccc1C(F)(F)F. The third-order valence-electron chi connectivity index (χ3n) is 4.43. The molecule has 142 valence electrons. The molecule has 1 saturated heterocycles. The van der Waals surface area contributed by atoms with Gasteiger partial charge in [0.05, 0.1) is 17.0 Å². The number of thioether (sulfide) groups is 1. The molecule has 2 amide bonds. The topological polar surface area (TPSA) is 53.2 Å². The second-order valence-electron chi connectivity index (χ2n) is 6.21. The van der Waals surface area contributed by atoms with Crippen molar-refractivity contribution in [2.75, 3.05) is 0 Å². The number of hydrogen-bond acceptors (Lipinski definition) is 3. The summed E-state index contributed by atoms with van der Waals surface area (Å²) in [5, 5.41) is 0.296. The van der Waals surface area contributed by atoms with Gasteiger partial charge in [-0.1, -0.05) is 36.4 Å². The summed E-state index contributed by atoms with van der Waals surface area (Å²) >= 11 is 0.725. The number of imide groups is 1. The summed E-state index contributed by atoms with van der Waals surface area (Å²) in [4.78, 5) is 29.1. The van der Waals surface area contributed by atoms with Gasteiger partial charge in [0.25, 0.3) is 11.1 Å². The fourth-order valence-electron chi connectivity index (χ4n) is 3.10. The lowest BCUT2D eigenvalue weighted by Crippen LogP contribution is -2.28. The number of para-hydroxylation sites is 1. The van der Waals surface area contributed by atoms with E-state index in [1.165, 1.54) is 18.2 Å². The summed E-state index contributed by atoms with van der Waals surface area (Å²) in [5.74, 6) is -0.600. The van der Waals surface area contributed by atoms with Crippen molar-refractivity contribution in [2.45, 2.75) is 12.7 Å². The van der Waals surface area contributed by atoms with E-state index in [9.17, 15) is 22.8 Å². The quantitative estimate of drug-likeness (QED) is 0.595. The highest BCUT2D eigenvalue weighted by Gasteiger charge is 2.38. The average molecular weight is 402 g/mol. The fraction of sp³-hybridized carbons (Fsp3) is 0.100. The van der Waals surface area contributed by atoms with Crippen molar-refractivity contribution in [3.8, 4) is 0 Å². The lowest BCUT2D eigenvalue weighted by molar-refractivity contribution is -0.139. The van der Waals surface area contributed by atoms with E-state index >= 15 is 0 Å². The van der Waals surface area contributed by atoms with Gasteiger partial charge in [-0.2, -0.15) is 13.2 Å². The van der Waals surface area contributed by atoms with Crippen LogP contribution >= 0.6 is 11.8 Å². The van der Waals surface area contributed by atoms with Gasteiger partial charge in [-0.3, -0.25) is 14.5 Å². The maximum Gasteiger partial charge on any atom is 0.416 e. The van der Waals surface area contributed by atoms with Gasteiger partial charge >= 0.3 is 6.18 Å². The Kier molecular flexibility index (Phi) is 4.50. The van der Waals surface area contributed by atoms with Crippen LogP contribution in [-0.2, 0) is 17.5 Å². The molecule has 1 aliphatic heterocycles. The number of nitrogens with zero attached hydrogens (tertiary/aromatic N) is 1. The number of alkyl halides is 3. The number of carbonyl (C=O) groups is 2. The first-order valence-corrected chi connectivity index (χ1v) is 9.13. The van der Waals surface area contributed by atoms with Crippen molar-refractivity contribution in [1.82, 2.24) is 9.88 Å². The van der Waals surface area contributed by atoms with Crippen LogP contribution in [0.1, 0.15) is 16.7 Å². The Hall–Kier alpha value is -3.00. The Morgan fingerprint density at radius 1 is 1.04 bits per heavy atom. The molecule has 2 heterocycles. The van der Waals surface area contributed by atoms with Crippen LogP contribution in [0, 0.1) is 0 Å². The first-order valence-electron chi connectivity index (χ1n) is 8.31. The van der Waals surface area contributed by atoms with Crippen LogP contribution in [0.4, 0.5) is 18.0 Å². The maximum absolute atomic E-state index is 13.2. The Morgan fingerprint density at radius 2 is 1.75 bits per heavy atom. The molecule has 0 bridgehead atoms. The molecule has 1 aromatic heterocycles. The van der Waals surface area contributed by atoms with Crippen LogP contribution in [0.2, 0.25) is 0 Å². The van der Waals surface area contributed by atoms with Gasteiger partial charge in [0, 0.05) is 22.7 Å². The van der Waals surface area contributed by atoms with Crippen molar-refractivity contribution in [2.24, 2.45) is 0 Å². The predicted octanol–water partition coefficient (Wildman–Crippen LogP) is 5.42. The van der Waals surface area contributed by atoms with Gasteiger partial charge < -0.3 is 4.98 Å². The molecule has 0 aliphatic carbocycles. The van der Waals surface area contributed by atoms with Crippen molar-refractivity contribution in [3.63, 3.8) is 0 Å². The van der Waals surface area contributed by atoms with Gasteiger partial charge in [0.1, 0.15) is 0 Å². The third-order valence-corrected chi connectivity index (χ3v) is 5.34. The van der Waals surface area contributed by atoms with E-state index in [-0.39, 0.29) is 10.5 Å². The van der Waals surface area contributed by atoms with Gasteiger partial charge in [-0.05, 0) is 35.5 Å². The minimum atomic E-state index is -4.56. The smallest absolute Gasteiger partial charge is 0.361 e. The largest absolute Gasteiger partial charge is 0.416 e. The van der Waals surface area contributed by atoms with E-state index in [0.29, 0.717) is 0 Å². The van der Waals surface area contributed by atoms with E-state index in [2.05, 4.69) is 4.98 Å². The second kappa shape index (κ2) is 6.87. The molecule has 3 aromatic rings. The zero-order valence-corrected chi connectivity index (χ0v) is 15.1. The van der Waals surface area contributed by atoms with Crippen molar-refractivity contribution >= 4 is 39.9 Å². The minimum absolute atomic E-state index is 0.120. The zero-order valence-electron chi connectivity index (χ0n) is 14.3. The van der Waals surface area contributed by atoms with E-state index < -0.39 is 29.4 Å². The van der Waals surface area contributed by atoms with Crippen LogP contribution in [-0.4, -0.2) is 21.0 Å². The molecular weight excluding hydrogens is 389 g/mol. The number of carbonyl (C=O) groups excluding carboxylic acids is 2. The zero-order chi connectivity index (χ0) is 19.9. The lowest BCUT2D eigenvalue weighted by Gasteiger charge is -2.17. The highest BCUT2D eigenvalue weighted by atomic mass is 32.2. The Bertz CT molecular complexity index is 1120. The molecule has 1 fully saturated rings. The van der Waals surface area contributed by atoms with Gasteiger partial charge in [-0.25, -0.2) is 0 Å². The molecule has 0 spiro atoms. The van der Waals surface area contributed by atoms with Crippen molar-refractivity contribution in [1.29, 1.82) is 0 Å². The number of amides is 2. The van der Waals surface area contributed by atoms with Crippen LogP contribution in [0.15, 0.2) is 59.6 Å². The first-order chi connectivity index (χ1) is 13.3. The number of aromatic amines is 1. The molecule has 2 aromatic carbocycles. The highest BCUT2D eigenvalue weighted by molar-refractivity contribution is 8.18. The fourth-order valence-corrected chi connectivity index (χ4v) is 3.93. The number of hydrogen-bond donors (Lipinski definition) is 1. The number of fused-ring (bicyclic) bond motifs is 1. The molecule has 4 rings (SSSR count). The Labute approximate surface area is 162 Å². The van der Waals surface area contributed by atoms with Gasteiger partial charge in [-0.15, -0.1) is 0 Å². The molecular formula is C20H13F3N2O2S. The summed E-state index contributed by atoms with van der Waals surface area (Å²) in [6.45, 7) is -0.425. The normalized spacial score (nSPS) is 16.5. The first kappa shape index (κ1) is 18.4. The van der Waals surface area contributed by atoms with E-state index in [0.717, 1.165) is 39.2 Å². The molecule has 0 saturated carbocycles. The van der Waals surface area contributed by atoms with Crippen molar-refractivity contribution in [3.05, 3.63) is 76.3 Å². The molecule has 1 N–H and O–H groups in total. The van der Waals surface area contributed by atoms with Crippen LogP contribution in [0.3, 0.4) is 0 Å². The maximum atomic E-state index is 13.2. The monoisotopic (exact) mass is 402 g/mol. The second-order valence-corrected chi connectivity index (χ2v) is 7.21. The highest BCUT2D eigenvalue weighted by Crippen LogP contribution is 2.37. The summed E-state index contributed by atoms with van der Waals surface area (Å²) in [6, 6.07) is 12.4. The Morgan fingerprint density at radius 3 is 2.54 bits per heavy atom. The molecule has 4 nitrogen and oxygen atoms in total. The van der Waals surface area contributed by atoms with Crippen LogP contribution in [0.5, 0.6) is 0 Å². The molecule has 0 atom stereocenters. The molecule has 1 aliphatic rings. The summed E-state index contributed by atoms with van der Waals surface area (Å²) in [6.07, 6.45) is -1.25. The average Bonchev–Trinajstić information content (AvgIpc) is 3.18. The predicted molar refractivity (Wildman–Crippen MR) is 101 cm³/mol. The van der Waals surface area contributed by atoms with Gasteiger partial charge in [0.15, 0.2) is 0 Å². The molecule has 8 heteroatoms. The number of benzene rings is 2. The number of halogens is 3. The summed E-state index contributed by atoms with van der Waals surface area (Å²) in [7, 11) is 0. The lowest BCUT2D eigenvalue weighted by atomic mass is 10.1. The van der Waals surface area contributed by atoms with E-state index in [1.54, 1.807) is 12.3 Å².